The summed E-state index contributed by atoms with van der Waals surface area (Å²) in [6, 6.07) is 24.5. The van der Waals surface area contributed by atoms with Gasteiger partial charge in [0.05, 0.1) is 24.1 Å². The van der Waals surface area contributed by atoms with Crippen molar-refractivity contribution < 1.29 is 27.9 Å². The molecule has 2 aliphatic rings. The van der Waals surface area contributed by atoms with Gasteiger partial charge in [0.1, 0.15) is 0 Å². The van der Waals surface area contributed by atoms with Crippen LogP contribution < -0.4 is 5.32 Å². The molecule has 3 aromatic carbocycles. The number of benzene rings is 3. The number of nitrogens with one attached hydrogen (secondary N) is 1. The van der Waals surface area contributed by atoms with Crippen molar-refractivity contribution in [1.29, 1.82) is 0 Å². The highest BCUT2D eigenvalue weighted by atomic mass is 32.2. The summed E-state index contributed by atoms with van der Waals surface area (Å²) >= 11 is 0. The predicted molar refractivity (Wildman–Crippen MR) is 171 cm³/mol. The summed E-state index contributed by atoms with van der Waals surface area (Å²) in [4.78, 5) is 42.3. The quantitative estimate of drug-likeness (QED) is 0.307. The molecule has 238 valence electrons. The van der Waals surface area contributed by atoms with Crippen LogP contribution in [0, 0.1) is 12.8 Å². The summed E-state index contributed by atoms with van der Waals surface area (Å²) < 4.78 is 29.2. The zero-order chi connectivity index (χ0) is 32.0. The third-order valence-corrected chi connectivity index (χ3v) is 10.6. The lowest BCUT2D eigenvalue weighted by Crippen LogP contribution is -2.64. The van der Waals surface area contributed by atoms with Gasteiger partial charge in [-0.3, -0.25) is 14.4 Å². The molecule has 3 atom stereocenters. The van der Waals surface area contributed by atoms with Gasteiger partial charge in [-0.15, -0.1) is 0 Å². The molecule has 2 fully saturated rings. The fraction of sp³-hybridized carbons (Fsp3) is 0.400. The molecule has 2 N–H and O–H groups in total. The highest BCUT2D eigenvalue weighted by Crippen LogP contribution is 2.40. The molecular weight excluding hydrogens is 590 g/mol. The van der Waals surface area contributed by atoms with E-state index in [1.807, 2.05) is 43.3 Å². The second-order valence-corrected chi connectivity index (χ2v) is 14.0. The van der Waals surface area contributed by atoms with Gasteiger partial charge in [-0.2, -0.15) is 4.31 Å². The van der Waals surface area contributed by atoms with E-state index in [1.54, 1.807) is 48.5 Å². The first kappa shape index (κ1) is 32.4. The number of hydrogen-bond donors (Lipinski definition) is 2. The molecule has 45 heavy (non-hydrogen) atoms. The summed E-state index contributed by atoms with van der Waals surface area (Å²) in [7, 11) is -4.07. The van der Waals surface area contributed by atoms with Crippen molar-refractivity contribution in [2.75, 3.05) is 13.1 Å². The Hall–Kier alpha value is -4.02. The number of carboxylic acids is 1. The molecule has 5 rings (SSSR count). The molecule has 0 bridgehead atoms. The second kappa shape index (κ2) is 14.4. The number of nitrogens with zero attached hydrogens (tertiary/aromatic N) is 2. The minimum Gasteiger partial charge on any atom is -0.481 e. The van der Waals surface area contributed by atoms with Gasteiger partial charge in [0, 0.05) is 13.1 Å². The minimum atomic E-state index is -4.07. The molecule has 3 unspecified atom stereocenters. The van der Waals surface area contributed by atoms with Crippen LogP contribution in [0.15, 0.2) is 84.9 Å². The van der Waals surface area contributed by atoms with Crippen LogP contribution in [0.25, 0.3) is 0 Å². The van der Waals surface area contributed by atoms with Crippen molar-refractivity contribution in [3.05, 3.63) is 107 Å². The maximum atomic E-state index is 14.6. The predicted octanol–water partition coefficient (Wildman–Crippen LogP) is 4.99. The Bertz CT molecular complexity index is 1590. The lowest BCUT2D eigenvalue weighted by Gasteiger charge is -2.44. The number of carbonyl (C=O) groups excluding carboxylic acids is 2. The SMILES string of the molecule is Cc1cccc(C(CC(=O)O)NC(=O)C2N(C(=O)C(c3ccccc3)C3CCCC3)CCCN2S(=O)(=O)Cc2ccccc2)c1. The van der Waals surface area contributed by atoms with Gasteiger partial charge in [-0.05, 0) is 48.8 Å². The Labute approximate surface area is 265 Å². The summed E-state index contributed by atoms with van der Waals surface area (Å²) in [5, 5.41) is 12.6. The lowest BCUT2D eigenvalue weighted by atomic mass is 9.83. The van der Waals surface area contributed by atoms with E-state index in [1.165, 1.54) is 4.90 Å². The van der Waals surface area contributed by atoms with Crippen LogP contribution in [0.5, 0.6) is 0 Å². The maximum Gasteiger partial charge on any atom is 0.305 e. The van der Waals surface area contributed by atoms with Crippen LogP contribution in [0.2, 0.25) is 0 Å². The zero-order valence-electron chi connectivity index (χ0n) is 25.5. The molecule has 1 aliphatic heterocycles. The first-order chi connectivity index (χ1) is 21.6. The van der Waals surface area contributed by atoms with Gasteiger partial charge >= 0.3 is 5.97 Å². The van der Waals surface area contributed by atoms with Crippen LogP contribution >= 0.6 is 0 Å². The Morgan fingerprint density at radius 3 is 2.16 bits per heavy atom. The van der Waals surface area contributed by atoms with E-state index in [9.17, 15) is 27.9 Å². The Morgan fingerprint density at radius 1 is 0.867 bits per heavy atom. The largest absolute Gasteiger partial charge is 0.481 e. The zero-order valence-corrected chi connectivity index (χ0v) is 26.4. The van der Waals surface area contributed by atoms with Crippen molar-refractivity contribution in [1.82, 2.24) is 14.5 Å². The number of aliphatic carboxylic acids is 1. The van der Waals surface area contributed by atoms with Gasteiger partial charge in [-0.25, -0.2) is 8.42 Å². The Morgan fingerprint density at radius 2 is 1.51 bits per heavy atom. The number of aryl methyl sites for hydroxylation is 1. The Kier molecular flexibility index (Phi) is 10.4. The van der Waals surface area contributed by atoms with Gasteiger partial charge < -0.3 is 15.3 Å². The molecule has 3 aromatic rings. The van der Waals surface area contributed by atoms with Gasteiger partial charge in [0.15, 0.2) is 6.17 Å². The summed E-state index contributed by atoms with van der Waals surface area (Å²) in [6.07, 6.45) is 2.27. The van der Waals surface area contributed by atoms with Crippen molar-refractivity contribution in [3.63, 3.8) is 0 Å². The molecule has 1 heterocycles. The van der Waals surface area contributed by atoms with E-state index < -0.39 is 46.4 Å². The summed E-state index contributed by atoms with van der Waals surface area (Å²) in [5.74, 6) is -2.89. The van der Waals surface area contributed by atoms with E-state index >= 15 is 0 Å². The average Bonchev–Trinajstić information content (AvgIpc) is 3.55. The van der Waals surface area contributed by atoms with Gasteiger partial charge in [0.2, 0.25) is 15.9 Å². The molecule has 1 saturated carbocycles. The molecule has 0 aromatic heterocycles. The first-order valence-electron chi connectivity index (χ1n) is 15.6. The van der Waals surface area contributed by atoms with Crippen LogP contribution in [0.3, 0.4) is 0 Å². The third kappa shape index (κ3) is 7.80. The highest BCUT2D eigenvalue weighted by Gasteiger charge is 2.47. The van der Waals surface area contributed by atoms with Crippen LogP contribution in [-0.4, -0.2) is 59.8 Å². The monoisotopic (exact) mass is 631 g/mol. The standard InChI is InChI=1S/C35H41N3O6S/c1-25-12-10-19-29(22-25)30(23-31(39)40)36-33(41)34-37(20-11-21-38(34)45(43,44)24-26-13-4-2-5-14-26)35(42)32(28-17-8-9-18-28)27-15-6-3-7-16-27/h2-7,10,12-16,19,22,28,30,32,34H,8-9,11,17-18,20-21,23-24H2,1H3,(H,36,41)(H,39,40). The summed E-state index contributed by atoms with van der Waals surface area (Å²) in [5.41, 5.74) is 2.89. The van der Waals surface area contributed by atoms with Crippen LogP contribution in [0.1, 0.15) is 72.7 Å². The van der Waals surface area contributed by atoms with E-state index in [2.05, 4.69) is 5.32 Å². The average molecular weight is 632 g/mol. The normalized spacial score (nSPS) is 19.1. The van der Waals surface area contributed by atoms with Gasteiger partial charge in [0.25, 0.3) is 5.91 Å². The first-order valence-corrected chi connectivity index (χ1v) is 17.2. The molecule has 2 amide bonds. The van der Waals surface area contributed by atoms with Crippen molar-refractivity contribution in [2.24, 2.45) is 5.92 Å². The van der Waals surface area contributed by atoms with E-state index in [4.69, 9.17) is 0 Å². The number of carboxylic acid groups (broad SMARTS) is 1. The number of hydrogen-bond acceptors (Lipinski definition) is 5. The molecule has 1 saturated heterocycles. The molecular formula is C35H41N3O6S. The van der Waals surface area contributed by atoms with Crippen molar-refractivity contribution >= 4 is 27.8 Å². The number of amides is 2. The number of carbonyl (C=O) groups is 3. The van der Waals surface area contributed by atoms with Gasteiger partial charge in [-0.1, -0.05) is 103 Å². The molecule has 0 spiro atoms. The van der Waals surface area contributed by atoms with Crippen molar-refractivity contribution in [3.8, 4) is 0 Å². The fourth-order valence-corrected chi connectivity index (χ4v) is 8.47. The molecule has 0 radical (unpaired) electrons. The lowest BCUT2D eigenvalue weighted by molar-refractivity contribution is -0.150. The molecule has 1 aliphatic carbocycles. The Balaban J connectivity index is 1.54. The second-order valence-electron chi connectivity index (χ2n) is 12.1. The minimum absolute atomic E-state index is 0.0600. The van der Waals surface area contributed by atoms with Crippen LogP contribution in [-0.2, 0) is 30.2 Å². The van der Waals surface area contributed by atoms with Crippen LogP contribution in [0.4, 0.5) is 0 Å². The maximum absolute atomic E-state index is 14.6. The fourth-order valence-electron chi connectivity index (χ4n) is 6.77. The third-order valence-electron chi connectivity index (χ3n) is 8.85. The van der Waals surface area contributed by atoms with E-state index in [-0.39, 0.29) is 30.7 Å². The summed E-state index contributed by atoms with van der Waals surface area (Å²) in [6.45, 7) is 2.14. The smallest absolute Gasteiger partial charge is 0.305 e. The van der Waals surface area contributed by atoms with E-state index in [0.29, 0.717) is 17.5 Å². The van der Waals surface area contributed by atoms with Crippen molar-refractivity contribution in [2.45, 2.75) is 69.3 Å². The molecule has 10 heteroatoms. The topological polar surface area (TPSA) is 124 Å². The molecule has 9 nitrogen and oxygen atoms in total. The number of sulfonamides is 1. The van der Waals surface area contributed by atoms with E-state index in [0.717, 1.165) is 41.1 Å². The highest BCUT2D eigenvalue weighted by molar-refractivity contribution is 7.88. The number of rotatable bonds is 11.